The zero-order valence-corrected chi connectivity index (χ0v) is 27.6. The summed E-state index contributed by atoms with van der Waals surface area (Å²) >= 11 is 0. The molecule has 5 N–H and O–H groups in total. The summed E-state index contributed by atoms with van der Waals surface area (Å²) in [7, 11) is -4.27. The summed E-state index contributed by atoms with van der Waals surface area (Å²) in [6.07, 6.45) is 1.82. The van der Waals surface area contributed by atoms with E-state index in [4.69, 9.17) is 5.73 Å². The van der Waals surface area contributed by atoms with Crippen molar-refractivity contribution in [2.75, 3.05) is 41.0 Å². The van der Waals surface area contributed by atoms with E-state index in [1.54, 1.807) is 26.8 Å². The van der Waals surface area contributed by atoms with Crippen molar-refractivity contribution in [3.63, 3.8) is 0 Å². The lowest BCUT2D eigenvalue weighted by molar-refractivity contribution is -0.191. The summed E-state index contributed by atoms with van der Waals surface area (Å²) in [5, 5.41) is 2.49. The van der Waals surface area contributed by atoms with Crippen molar-refractivity contribution in [1.29, 1.82) is 0 Å². The molecule has 0 aliphatic carbocycles. The molecule has 4 amide bonds. The molecule has 14 nitrogen and oxygen atoms in total. The molecule has 0 fully saturated rings. The number of urea groups is 1. The third kappa shape index (κ3) is 4.56. The highest BCUT2D eigenvalue weighted by Crippen LogP contribution is 2.40. The zero-order valence-electron chi connectivity index (χ0n) is 26.7. The van der Waals surface area contributed by atoms with Crippen molar-refractivity contribution in [3.8, 4) is 0 Å². The van der Waals surface area contributed by atoms with Gasteiger partial charge < -0.3 is 39.9 Å². The largest absolute Gasteiger partial charge is 0.769 e. The van der Waals surface area contributed by atoms with E-state index in [0.29, 0.717) is 66.9 Å². The number of amides is 4. The lowest BCUT2D eigenvalue weighted by Crippen LogP contribution is -2.33. The maximum absolute atomic E-state index is 13.9. The summed E-state index contributed by atoms with van der Waals surface area (Å²) in [5.41, 5.74) is 13.8. The van der Waals surface area contributed by atoms with Gasteiger partial charge in [0.2, 0.25) is 0 Å². The van der Waals surface area contributed by atoms with E-state index < -0.39 is 19.6 Å². The van der Waals surface area contributed by atoms with Crippen LogP contribution in [0.15, 0.2) is 54.6 Å². The molecule has 0 saturated heterocycles. The topological polar surface area (TPSA) is 201 Å². The van der Waals surface area contributed by atoms with E-state index in [1.807, 2.05) is 42.5 Å². The number of H-pyrrole nitrogens is 3. The van der Waals surface area contributed by atoms with E-state index in [0.717, 1.165) is 56.5 Å². The Hall–Kier alpha value is -5.85. The maximum atomic E-state index is 13.9. The second kappa shape index (κ2) is 10.6. The van der Waals surface area contributed by atoms with Crippen LogP contribution in [0.2, 0.25) is 0 Å². The number of aromatic amines is 3. The highest BCUT2D eigenvalue weighted by molar-refractivity contribution is 7.51. The van der Waals surface area contributed by atoms with Crippen LogP contribution in [0.1, 0.15) is 48.2 Å². The fraction of sp³-hybridized carbons (Fsp3) is 0.200. The van der Waals surface area contributed by atoms with Gasteiger partial charge in [-0.2, -0.15) is 0 Å². The Morgan fingerprint density at radius 2 is 1.04 bits per heavy atom. The molecule has 3 aromatic heterocycles. The van der Waals surface area contributed by atoms with Crippen LogP contribution in [0.25, 0.3) is 32.7 Å². The van der Waals surface area contributed by atoms with E-state index in [9.17, 15) is 28.6 Å². The van der Waals surface area contributed by atoms with Crippen LogP contribution in [-0.4, -0.2) is 65.1 Å². The van der Waals surface area contributed by atoms with Crippen LogP contribution < -0.4 is 25.3 Å². The Kier molecular flexibility index (Phi) is 6.39. The number of nitrogens with two attached hydrogens (primary N) is 1. The Morgan fingerprint density at radius 1 is 0.660 bits per heavy atom. The van der Waals surface area contributed by atoms with Gasteiger partial charge in [-0.15, -0.1) is 0 Å². The molecular weight excluding hydrogens is 661 g/mol. The molecule has 50 heavy (non-hydrogen) atoms. The van der Waals surface area contributed by atoms with Crippen LogP contribution >= 0.6 is 7.60 Å². The number of hydrogen-bond acceptors (Lipinski definition) is 7. The van der Waals surface area contributed by atoms with Crippen molar-refractivity contribution >= 4 is 81.2 Å². The van der Waals surface area contributed by atoms with Crippen LogP contribution in [0.5, 0.6) is 0 Å². The first-order chi connectivity index (χ1) is 23.9. The van der Waals surface area contributed by atoms with Crippen molar-refractivity contribution in [2.24, 2.45) is 5.73 Å². The van der Waals surface area contributed by atoms with Gasteiger partial charge in [0, 0.05) is 76.1 Å². The minimum atomic E-state index is -4.27. The molecule has 0 spiro atoms. The number of primary amides is 1. The normalized spacial score (nSPS) is 16.2. The number of carbonyl (C=O) groups is 4. The van der Waals surface area contributed by atoms with Gasteiger partial charge in [-0.1, -0.05) is 0 Å². The Balaban J connectivity index is 0.990. The third-order valence-electron chi connectivity index (χ3n) is 9.99. The standard InChI is InChI=1S/C35H30N7O7P/c1-50(47,48)49-34(45)28-16-22-18-9-12-41(30(18)6-3-25(22)39-28)32(43)26-14-20-17-8-11-40(29(17)5-2-23(20)37-26)33(44)27-15-21-19-10-13-42(35(36)46)31(19)7-4-24(21)38-27/h2-7,14-16,37-39H,8-13H2,1H3,(H2,36,46)(H,47,48)/p-1. The minimum Gasteiger partial charge on any atom is -0.769 e. The first-order valence-electron chi connectivity index (χ1n) is 16.1. The Morgan fingerprint density at radius 3 is 1.46 bits per heavy atom. The van der Waals surface area contributed by atoms with E-state index in [-0.39, 0.29) is 17.5 Å². The number of benzene rings is 3. The molecule has 0 saturated carbocycles. The smallest absolute Gasteiger partial charge is 0.359 e. The number of anilines is 3. The predicted octanol–water partition coefficient (Wildman–Crippen LogP) is 4.32. The molecule has 3 aliphatic heterocycles. The summed E-state index contributed by atoms with van der Waals surface area (Å²) in [5.74, 6) is -1.37. The molecule has 0 radical (unpaired) electrons. The minimum absolute atomic E-state index is 0.0118. The highest BCUT2D eigenvalue weighted by Gasteiger charge is 2.33. The lowest BCUT2D eigenvalue weighted by Gasteiger charge is -2.16. The van der Waals surface area contributed by atoms with Crippen molar-refractivity contribution in [3.05, 3.63) is 88.4 Å². The number of nitrogens with zero attached hydrogens (tertiary/aromatic N) is 3. The van der Waals surface area contributed by atoms with Gasteiger partial charge in [0.25, 0.3) is 11.8 Å². The first kappa shape index (κ1) is 30.2. The summed E-state index contributed by atoms with van der Waals surface area (Å²) in [4.78, 5) is 78.0. The number of nitrogens with one attached hydrogen (secondary N) is 3. The molecule has 9 rings (SSSR count). The molecule has 252 valence electrons. The fourth-order valence-electron chi connectivity index (χ4n) is 7.82. The summed E-state index contributed by atoms with van der Waals surface area (Å²) in [6.45, 7) is 2.24. The molecule has 3 aromatic carbocycles. The van der Waals surface area contributed by atoms with Crippen LogP contribution in [0, 0.1) is 0 Å². The summed E-state index contributed by atoms with van der Waals surface area (Å²) < 4.78 is 16.0. The molecular formula is C35H29N7O7P-. The molecule has 3 aliphatic rings. The van der Waals surface area contributed by atoms with Gasteiger partial charge in [0.1, 0.15) is 17.1 Å². The number of aromatic nitrogens is 3. The van der Waals surface area contributed by atoms with Crippen LogP contribution in [0.4, 0.5) is 21.9 Å². The second-order valence-electron chi connectivity index (χ2n) is 12.9. The zero-order chi connectivity index (χ0) is 34.6. The molecule has 0 bridgehead atoms. The monoisotopic (exact) mass is 690 g/mol. The molecule has 15 heteroatoms. The first-order valence-corrected chi connectivity index (χ1v) is 18.1. The van der Waals surface area contributed by atoms with E-state index in [1.165, 1.54) is 0 Å². The quantitative estimate of drug-likeness (QED) is 0.197. The lowest BCUT2D eigenvalue weighted by atomic mass is 10.1. The average Bonchev–Trinajstić information content (AvgIpc) is 3.91. The third-order valence-corrected chi connectivity index (χ3v) is 10.5. The number of hydrogen-bond donors (Lipinski definition) is 4. The Labute approximate surface area is 283 Å². The van der Waals surface area contributed by atoms with Crippen molar-refractivity contribution < 1.29 is 33.2 Å². The van der Waals surface area contributed by atoms with Gasteiger partial charge in [0.05, 0.1) is 0 Å². The predicted molar refractivity (Wildman–Crippen MR) is 185 cm³/mol. The van der Waals surface area contributed by atoms with E-state index in [2.05, 4.69) is 19.5 Å². The van der Waals surface area contributed by atoms with Crippen molar-refractivity contribution in [2.45, 2.75) is 19.3 Å². The highest BCUT2D eigenvalue weighted by atomic mass is 31.2. The fourth-order valence-corrected chi connectivity index (χ4v) is 8.22. The average molecular weight is 691 g/mol. The molecule has 1 atom stereocenters. The second-order valence-corrected chi connectivity index (χ2v) is 14.7. The SMILES string of the molecule is CP(=O)([O-])OC(=O)c1cc2c3c(ccc2[nH]1)N(C(=O)c1cc2c4c(ccc2[nH]1)N(C(=O)c1cc2c5c(ccc2[nH]1)N(C(N)=O)CC5)CC4)CC3. The maximum Gasteiger partial charge on any atom is 0.359 e. The Bertz CT molecular complexity index is 2560. The van der Waals surface area contributed by atoms with Gasteiger partial charge in [0.15, 0.2) is 7.60 Å². The van der Waals surface area contributed by atoms with Gasteiger partial charge >= 0.3 is 12.0 Å². The molecule has 1 unspecified atom stereocenters. The number of rotatable bonds is 4. The molecule has 6 heterocycles. The van der Waals surface area contributed by atoms with Gasteiger partial charge in [-0.3, -0.25) is 19.1 Å². The summed E-state index contributed by atoms with van der Waals surface area (Å²) in [6, 6.07) is 15.8. The number of carbonyl (C=O) groups excluding carboxylic acids is 4. The van der Waals surface area contributed by atoms with Crippen LogP contribution in [-0.2, 0) is 28.4 Å². The van der Waals surface area contributed by atoms with Crippen molar-refractivity contribution in [1.82, 2.24) is 15.0 Å². The van der Waals surface area contributed by atoms with Gasteiger partial charge in [-0.25, -0.2) is 9.59 Å². The number of fused-ring (bicyclic) bond motifs is 9. The van der Waals surface area contributed by atoms with Gasteiger partial charge in [-0.05, 0) is 90.6 Å². The van der Waals surface area contributed by atoms with Crippen LogP contribution in [0.3, 0.4) is 0 Å². The van der Waals surface area contributed by atoms with E-state index >= 15 is 0 Å². The molecule has 6 aromatic rings.